The fourth-order valence-electron chi connectivity index (χ4n) is 1.42. The highest BCUT2D eigenvalue weighted by Crippen LogP contribution is 2.38. The summed E-state index contributed by atoms with van der Waals surface area (Å²) in [5, 5.41) is 9.13. The second kappa shape index (κ2) is 4.07. The molecule has 4 nitrogen and oxygen atoms in total. The Morgan fingerprint density at radius 3 is 2.46 bits per heavy atom. The molecule has 0 radical (unpaired) electrons. The van der Waals surface area contributed by atoms with Crippen LogP contribution >= 0.6 is 0 Å². The van der Waals surface area contributed by atoms with E-state index in [4.69, 9.17) is 9.84 Å². The maximum absolute atomic E-state index is 11.4. The zero-order chi connectivity index (χ0) is 9.90. The number of esters is 1. The highest BCUT2D eigenvalue weighted by atomic mass is 16.6. The molecule has 0 heterocycles. The number of hydrogen-bond donors (Lipinski definition) is 1. The van der Waals surface area contributed by atoms with Gasteiger partial charge in [0.25, 0.3) is 0 Å². The van der Waals surface area contributed by atoms with E-state index in [-0.39, 0.29) is 6.61 Å². The minimum Gasteiger partial charge on any atom is -0.467 e. The van der Waals surface area contributed by atoms with Crippen LogP contribution in [-0.4, -0.2) is 37.5 Å². The van der Waals surface area contributed by atoms with Crippen LogP contribution in [0.5, 0.6) is 0 Å². The van der Waals surface area contributed by atoms with Gasteiger partial charge in [0.15, 0.2) is 5.60 Å². The number of hydrogen-bond acceptors (Lipinski definition) is 4. The van der Waals surface area contributed by atoms with Crippen LogP contribution < -0.4 is 0 Å². The number of ether oxygens (including phenoxy) is 2. The summed E-state index contributed by atoms with van der Waals surface area (Å²) in [5.74, 6) is 0.0237. The summed E-state index contributed by atoms with van der Waals surface area (Å²) in [6.07, 6.45) is 2.79. The largest absolute Gasteiger partial charge is 0.467 e. The Morgan fingerprint density at radius 2 is 2.15 bits per heavy atom. The molecular weight excluding hydrogens is 172 g/mol. The summed E-state index contributed by atoms with van der Waals surface area (Å²) in [6, 6.07) is 0. The molecule has 0 amide bonds. The van der Waals surface area contributed by atoms with Gasteiger partial charge in [-0.15, -0.1) is 0 Å². The van der Waals surface area contributed by atoms with Crippen LogP contribution in [0.15, 0.2) is 0 Å². The number of methoxy groups -OCH3 is 2. The van der Waals surface area contributed by atoms with Crippen LogP contribution in [0.4, 0.5) is 0 Å². The molecular formula is C9H16O4. The molecule has 1 fully saturated rings. The molecule has 0 saturated heterocycles. The summed E-state index contributed by atoms with van der Waals surface area (Å²) < 4.78 is 9.67. The lowest BCUT2D eigenvalue weighted by atomic mass is 9.97. The molecule has 76 valence electrons. The highest BCUT2D eigenvalue weighted by molar-refractivity contribution is 5.79. The van der Waals surface area contributed by atoms with Crippen molar-refractivity contribution in [2.24, 2.45) is 5.92 Å². The van der Waals surface area contributed by atoms with Gasteiger partial charge in [-0.25, -0.2) is 4.79 Å². The molecule has 1 aliphatic carbocycles. The SMILES string of the molecule is COC(=O)C(CO)(CC1CC1)OC. The second-order valence-electron chi connectivity index (χ2n) is 3.50. The first kappa shape index (κ1) is 10.5. The Morgan fingerprint density at radius 1 is 1.54 bits per heavy atom. The van der Waals surface area contributed by atoms with Crippen molar-refractivity contribution in [2.75, 3.05) is 20.8 Å². The molecule has 1 unspecified atom stereocenters. The minimum absolute atomic E-state index is 0.313. The lowest BCUT2D eigenvalue weighted by molar-refractivity contribution is -0.172. The van der Waals surface area contributed by atoms with Crippen molar-refractivity contribution in [1.82, 2.24) is 0 Å². The summed E-state index contributed by atoms with van der Waals surface area (Å²) in [4.78, 5) is 11.4. The summed E-state index contributed by atoms with van der Waals surface area (Å²) in [6.45, 7) is -0.313. The molecule has 0 bridgehead atoms. The van der Waals surface area contributed by atoms with Crippen molar-refractivity contribution in [2.45, 2.75) is 24.9 Å². The number of rotatable bonds is 5. The van der Waals surface area contributed by atoms with Crippen molar-refractivity contribution in [1.29, 1.82) is 0 Å². The molecule has 4 heteroatoms. The van der Waals surface area contributed by atoms with E-state index in [0.29, 0.717) is 12.3 Å². The van der Waals surface area contributed by atoms with E-state index in [1.807, 2.05) is 0 Å². The van der Waals surface area contributed by atoms with E-state index < -0.39 is 11.6 Å². The maximum atomic E-state index is 11.4. The maximum Gasteiger partial charge on any atom is 0.340 e. The normalized spacial score (nSPS) is 20.8. The molecule has 0 aromatic heterocycles. The van der Waals surface area contributed by atoms with Crippen LogP contribution in [0.25, 0.3) is 0 Å². The molecule has 1 saturated carbocycles. The predicted octanol–water partition coefficient (Wildman–Crippen LogP) is 0.337. The van der Waals surface area contributed by atoms with E-state index >= 15 is 0 Å². The summed E-state index contributed by atoms with van der Waals surface area (Å²) in [7, 11) is 2.73. The quantitative estimate of drug-likeness (QED) is 0.632. The fraction of sp³-hybridized carbons (Fsp3) is 0.889. The molecule has 1 atom stereocenters. The van der Waals surface area contributed by atoms with Crippen molar-refractivity contribution in [3.63, 3.8) is 0 Å². The summed E-state index contributed by atoms with van der Waals surface area (Å²) >= 11 is 0. The standard InChI is InChI=1S/C9H16O4/c1-12-8(11)9(6-10,13-2)5-7-3-4-7/h7,10H,3-6H2,1-2H3. The Balaban J connectivity index is 2.63. The van der Waals surface area contributed by atoms with Crippen LogP contribution in [0.1, 0.15) is 19.3 Å². The van der Waals surface area contributed by atoms with Gasteiger partial charge in [-0.3, -0.25) is 0 Å². The molecule has 0 aliphatic heterocycles. The zero-order valence-corrected chi connectivity index (χ0v) is 8.08. The molecule has 0 aromatic carbocycles. The van der Waals surface area contributed by atoms with Gasteiger partial charge in [0, 0.05) is 7.11 Å². The third-order valence-electron chi connectivity index (χ3n) is 2.52. The number of aliphatic hydroxyl groups excluding tert-OH is 1. The van der Waals surface area contributed by atoms with Gasteiger partial charge in [-0.2, -0.15) is 0 Å². The molecule has 13 heavy (non-hydrogen) atoms. The van der Waals surface area contributed by atoms with Crippen LogP contribution in [0.3, 0.4) is 0 Å². The monoisotopic (exact) mass is 188 g/mol. The summed E-state index contributed by atoms with van der Waals surface area (Å²) in [5.41, 5.74) is -1.13. The molecule has 1 N–H and O–H groups in total. The fourth-order valence-corrected chi connectivity index (χ4v) is 1.42. The van der Waals surface area contributed by atoms with Gasteiger partial charge < -0.3 is 14.6 Å². The third kappa shape index (κ3) is 2.19. The first-order chi connectivity index (χ1) is 6.18. The number of carbonyl (C=O) groups is 1. The van der Waals surface area contributed by atoms with E-state index in [9.17, 15) is 4.79 Å². The number of aliphatic hydroxyl groups is 1. The van der Waals surface area contributed by atoms with Gasteiger partial charge in [0.2, 0.25) is 0 Å². The molecule has 1 rings (SSSR count). The smallest absolute Gasteiger partial charge is 0.340 e. The minimum atomic E-state index is -1.13. The van der Waals surface area contributed by atoms with Gasteiger partial charge in [0.05, 0.1) is 13.7 Å². The lowest BCUT2D eigenvalue weighted by Gasteiger charge is -2.27. The van der Waals surface area contributed by atoms with Crippen molar-refractivity contribution in [3.8, 4) is 0 Å². The van der Waals surface area contributed by atoms with Crippen molar-refractivity contribution in [3.05, 3.63) is 0 Å². The van der Waals surface area contributed by atoms with Crippen LogP contribution in [-0.2, 0) is 14.3 Å². The van der Waals surface area contributed by atoms with Gasteiger partial charge in [-0.1, -0.05) is 12.8 Å². The Bertz CT molecular complexity index is 182. The first-order valence-corrected chi connectivity index (χ1v) is 4.43. The zero-order valence-electron chi connectivity index (χ0n) is 8.08. The van der Waals surface area contributed by atoms with Gasteiger partial charge in [0.1, 0.15) is 0 Å². The topological polar surface area (TPSA) is 55.8 Å². The van der Waals surface area contributed by atoms with Crippen molar-refractivity contribution < 1.29 is 19.4 Å². The predicted molar refractivity (Wildman–Crippen MR) is 46.2 cm³/mol. The van der Waals surface area contributed by atoms with E-state index in [2.05, 4.69) is 4.74 Å². The highest BCUT2D eigenvalue weighted by Gasteiger charge is 2.44. The molecule has 1 aliphatic rings. The van der Waals surface area contributed by atoms with Gasteiger partial charge in [-0.05, 0) is 12.3 Å². The lowest BCUT2D eigenvalue weighted by Crippen LogP contribution is -2.45. The van der Waals surface area contributed by atoms with E-state index in [0.717, 1.165) is 12.8 Å². The average Bonchev–Trinajstić information content (AvgIpc) is 2.97. The van der Waals surface area contributed by atoms with Crippen LogP contribution in [0, 0.1) is 5.92 Å². The van der Waals surface area contributed by atoms with Gasteiger partial charge >= 0.3 is 5.97 Å². The first-order valence-electron chi connectivity index (χ1n) is 4.43. The van der Waals surface area contributed by atoms with E-state index in [1.165, 1.54) is 14.2 Å². The number of carbonyl (C=O) groups excluding carboxylic acids is 1. The Hall–Kier alpha value is -0.610. The van der Waals surface area contributed by atoms with E-state index in [1.54, 1.807) is 0 Å². The molecule has 0 aromatic rings. The van der Waals surface area contributed by atoms with Crippen LogP contribution in [0.2, 0.25) is 0 Å². The molecule has 0 spiro atoms. The third-order valence-corrected chi connectivity index (χ3v) is 2.52. The average molecular weight is 188 g/mol. The Labute approximate surface area is 77.8 Å². The second-order valence-corrected chi connectivity index (χ2v) is 3.50. The Kier molecular flexibility index (Phi) is 3.27. The van der Waals surface area contributed by atoms with Crippen molar-refractivity contribution >= 4 is 5.97 Å².